The maximum Gasteiger partial charge on any atom is 0.224 e. The normalized spacial score (nSPS) is 11.0. The molecule has 0 atom stereocenters. The largest absolute Gasteiger partial charge is 0.352 e. The molecule has 1 heterocycles. The highest BCUT2D eigenvalue weighted by Crippen LogP contribution is 2.23. The Morgan fingerprint density at radius 3 is 2.38 bits per heavy atom. The van der Waals surface area contributed by atoms with E-state index in [-0.39, 0.29) is 11.7 Å². The summed E-state index contributed by atoms with van der Waals surface area (Å²) in [5, 5.41) is 4.08. The third kappa shape index (κ3) is 4.54. The Balaban J connectivity index is 1.50. The number of rotatable bonds is 6. The molecule has 0 saturated carbocycles. The van der Waals surface area contributed by atoms with E-state index < -0.39 is 0 Å². The van der Waals surface area contributed by atoms with Crippen molar-refractivity contribution in [3.8, 4) is 0 Å². The summed E-state index contributed by atoms with van der Waals surface area (Å²) in [5.74, 6) is -0.243. The zero-order valence-corrected chi connectivity index (χ0v) is 16.4. The molecule has 29 heavy (non-hydrogen) atoms. The number of halogens is 1. The first-order chi connectivity index (χ1) is 14.1. The van der Waals surface area contributed by atoms with Crippen molar-refractivity contribution in [3.63, 3.8) is 0 Å². The Hall–Kier alpha value is -3.40. The third-order valence-electron chi connectivity index (χ3n) is 5.10. The van der Waals surface area contributed by atoms with Crippen LogP contribution in [0.15, 0.2) is 79.0 Å². The van der Waals surface area contributed by atoms with E-state index in [1.54, 1.807) is 12.1 Å². The minimum absolute atomic E-state index is 0.00439. The predicted octanol–water partition coefficient (Wildman–Crippen LogP) is 5.00. The molecule has 0 spiro atoms. The van der Waals surface area contributed by atoms with Gasteiger partial charge in [0.1, 0.15) is 5.82 Å². The fraction of sp³-hybridized carbons (Fsp3) is 0.160. The van der Waals surface area contributed by atoms with Gasteiger partial charge in [-0.25, -0.2) is 4.39 Å². The molecule has 0 aliphatic rings. The number of nitrogens with zero attached hydrogens (tertiary/aromatic N) is 1. The zero-order chi connectivity index (χ0) is 20.2. The smallest absolute Gasteiger partial charge is 0.224 e. The highest BCUT2D eigenvalue weighted by Gasteiger charge is 2.12. The molecule has 0 radical (unpaired) electrons. The topological polar surface area (TPSA) is 34.0 Å². The van der Waals surface area contributed by atoms with Crippen molar-refractivity contribution in [2.75, 3.05) is 0 Å². The summed E-state index contributed by atoms with van der Waals surface area (Å²) in [4.78, 5) is 12.5. The standard InChI is InChI=1S/C25H23FN2O/c1-18-6-8-19(9-7-18)15-27-25(29)14-21-17-28(24-5-3-2-4-23(21)24)16-20-10-12-22(26)13-11-20/h2-13,17H,14-16H2,1H3,(H,27,29). The summed E-state index contributed by atoms with van der Waals surface area (Å²) in [6.45, 7) is 3.20. The lowest BCUT2D eigenvalue weighted by molar-refractivity contribution is -0.120. The monoisotopic (exact) mass is 386 g/mol. The average molecular weight is 386 g/mol. The molecule has 146 valence electrons. The van der Waals surface area contributed by atoms with Crippen LogP contribution in [-0.4, -0.2) is 10.5 Å². The number of nitrogens with one attached hydrogen (secondary N) is 1. The van der Waals surface area contributed by atoms with E-state index in [4.69, 9.17) is 0 Å². The highest BCUT2D eigenvalue weighted by molar-refractivity contribution is 5.89. The van der Waals surface area contributed by atoms with Crippen molar-refractivity contribution in [2.24, 2.45) is 0 Å². The van der Waals surface area contributed by atoms with Gasteiger partial charge in [0.2, 0.25) is 5.91 Å². The number of aromatic nitrogens is 1. The van der Waals surface area contributed by atoms with Crippen LogP contribution in [0.2, 0.25) is 0 Å². The summed E-state index contributed by atoms with van der Waals surface area (Å²) in [6.07, 6.45) is 2.35. The van der Waals surface area contributed by atoms with Crippen LogP contribution in [0.4, 0.5) is 4.39 Å². The number of carbonyl (C=O) groups is 1. The predicted molar refractivity (Wildman–Crippen MR) is 114 cm³/mol. The van der Waals surface area contributed by atoms with E-state index in [2.05, 4.69) is 9.88 Å². The molecule has 1 N–H and O–H groups in total. The number of aryl methyl sites for hydroxylation is 1. The van der Waals surface area contributed by atoms with Crippen LogP contribution in [0.25, 0.3) is 10.9 Å². The molecule has 0 fully saturated rings. The molecule has 3 nitrogen and oxygen atoms in total. The molecule has 3 aromatic carbocycles. The van der Waals surface area contributed by atoms with Gasteiger partial charge >= 0.3 is 0 Å². The van der Waals surface area contributed by atoms with E-state index in [1.165, 1.54) is 17.7 Å². The number of amides is 1. The molecule has 0 aliphatic carbocycles. The minimum atomic E-state index is -0.239. The van der Waals surface area contributed by atoms with Crippen molar-refractivity contribution in [1.82, 2.24) is 9.88 Å². The van der Waals surface area contributed by atoms with Gasteiger partial charge < -0.3 is 9.88 Å². The van der Waals surface area contributed by atoms with Gasteiger partial charge in [0.15, 0.2) is 0 Å². The Kier molecular flexibility index (Phi) is 5.43. The number of fused-ring (bicyclic) bond motifs is 1. The molecule has 0 saturated heterocycles. The molecule has 4 rings (SSSR count). The van der Waals surface area contributed by atoms with Crippen LogP contribution in [0.5, 0.6) is 0 Å². The van der Waals surface area contributed by atoms with Crippen LogP contribution >= 0.6 is 0 Å². The number of hydrogen-bond donors (Lipinski definition) is 1. The summed E-state index contributed by atoms with van der Waals surface area (Å²) >= 11 is 0. The average Bonchev–Trinajstić information content (AvgIpc) is 3.07. The van der Waals surface area contributed by atoms with E-state index >= 15 is 0 Å². The van der Waals surface area contributed by atoms with E-state index in [9.17, 15) is 9.18 Å². The first kappa shape index (κ1) is 18.9. The van der Waals surface area contributed by atoms with E-state index in [0.717, 1.165) is 27.6 Å². The number of carbonyl (C=O) groups excluding carboxylic acids is 1. The van der Waals surface area contributed by atoms with E-state index in [0.29, 0.717) is 19.5 Å². The second kappa shape index (κ2) is 8.31. The van der Waals surface area contributed by atoms with E-state index in [1.807, 2.05) is 61.7 Å². The summed E-state index contributed by atoms with van der Waals surface area (Å²) < 4.78 is 15.3. The van der Waals surface area contributed by atoms with Gasteiger partial charge in [-0.2, -0.15) is 0 Å². The van der Waals surface area contributed by atoms with Gasteiger partial charge in [-0.15, -0.1) is 0 Å². The van der Waals surface area contributed by atoms with Gasteiger partial charge in [-0.05, 0) is 41.8 Å². The molecule has 1 amide bonds. The molecule has 0 bridgehead atoms. The molecular weight excluding hydrogens is 363 g/mol. The Bertz CT molecular complexity index is 1130. The van der Waals surface area contributed by atoms with Crippen molar-refractivity contribution in [2.45, 2.75) is 26.4 Å². The SMILES string of the molecule is Cc1ccc(CNC(=O)Cc2cn(Cc3ccc(F)cc3)c3ccccc23)cc1. The lowest BCUT2D eigenvalue weighted by Crippen LogP contribution is -2.24. The van der Waals surface area contributed by atoms with Crippen molar-refractivity contribution in [1.29, 1.82) is 0 Å². The Morgan fingerprint density at radius 1 is 0.931 bits per heavy atom. The van der Waals surface area contributed by atoms with Crippen molar-refractivity contribution in [3.05, 3.63) is 107 Å². The maximum absolute atomic E-state index is 13.2. The molecule has 0 aliphatic heterocycles. The summed E-state index contributed by atoms with van der Waals surface area (Å²) in [5.41, 5.74) is 5.36. The fourth-order valence-electron chi connectivity index (χ4n) is 3.52. The second-order valence-corrected chi connectivity index (χ2v) is 7.36. The quantitative estimate of drug-likeness (QED) is 0.497. The lowest BCUT2D eigenvalue weighted by Gasteiger charge is -2.06. The Labute approximate surface area is 169 Å². The molecule has 0 unspecified atom stereocenters. The summed E-state index contributed by atoms with van der Waals surface area (Å²) in [6, 6.07) is 22.7. The number of para-hydroxylation sites is 1. The molecular formula is C25H23FN2O. The van der Waals surface area contributed by atoms with Gasteiger partial charge in [0.05, 0.1) is 6.42 Å². The molecule has 1 aromatic heterocycles. The van der Waals surface area contributed by atoms with Crippen LogP contribution in [0.3, 0.4) is 0 Å². The van der Waals surface area contributed by atoms with Gasteiger partial charge in [0, 0.05) is 30.2 Å². The third-order valence-corrected chi connectivity index (χ3v) is 5.10. The van der Waals surface area contributed by atoms with Crippen LogP contribution in [0, 0.1) is 12.7 Å². The fourth-order valence-corrected chi connectivity index (χ4v) is 3.52. The van der Waals surface area contributed by atoms with Gasteiger partial charge in [0.25, 0.3) is 0 Å². The van der Waals surface area contributed by atoms with Crippen molar-refractivity contribution < 1.29 is 9.18 Å². The molecule has 4 heteroatoms. The van der Waals surface area contributed by atoms with Gasteiger partial charge in [-0.1, -0.05) is 60.2 Å². The first-order valence-corrected chi connectivity index (χ1v) is 9.72. The zero-order valence-electron chi connectivity index (χ0n) is 16.4. The number of benzene rings is 3. The summed E-state index contributed by atoms with van der Waals surface area (Å²) in [7, 11) is 0. The molecule has 4 aromatic rings. The highest BCUT2D eigenvalue weighted by atomic mass is 19.1. The maximum atomic E-state index is 13.2. The van der Waals surface area contributed by atoms with Gasteiger partial charge in [-0.3, -0.25) is 4.79 Å². The Morgan fingerprint density at radius 2 is 1.62 bits per heavy atom. The van der Waals surface area contributed by atoms with Crippen LogP contribution in [0.1, 0.15) is 22.3 Å². The van der Waals surface area contributed by atoms with Crippen LogP contribution < -0.4 is 5.32 Å². The van der Waals surface area contributed by atoms with Crippen molar-refractivity contribution >= 4 is 16.8 Å². The second-order valence-electron chi connectivity index (χ2n) is 7.36. The minimum Gasteiger partial charge on any atom is -0.352 e. The first-order valence-electron chi connectivity index (χ1n) is 9.72. The lowest BCUT2D eigenvalue weighted by atomic mass is 10.1. The van der Waals surface area contributed by atoms with Crippen LogP contribution in [-0.2, 0) is 24.3 Å². The number of hydrogen-bond acceptors (Lipinski definition) is 1.